The van der Waals surface area contributed by atoms with Crippen LogP contribution in [0.3, 0.4) is 0 Å². The van der Waals surface area contributed by atoms with E-state index in [1.807, 2.05) is 36.9 Å². The van der Waals surface area contributed by atoms with E-state index in [4.69, 9.17) is 9.72 Å². The van der Waals surface area contributed by atoms with Crippen LogP contribution in [0.1, 0.15) is 52.4 Å². The molecule has 0 unspecified atom stereocenters. The lowest BCUT2D eigenvalue weighted by Gasteiger charge is -2.32. The largest absolute Gasteiger partial charge is 0.497 e. The van der Waals surface area contributed by atoms with Gasteiger partial charge in [-0.05, 0) is 73.1 Å². The second-order valence-corrected chi connectivity index (χ2v) is 8.40. The van der Waals surface area contributed by atoms with Crippen LogP contribution >= 0.6 is 11.5 Å². The Kier molecular flexibility index (Phi) is 6.08. The predicted octanol–water partition coefficient (Wildman–Crippen LogP) is 4.50. The zero-order chi connectivity index (χ0) is 21.1. The third kappa shape index (κ3) is 4.21. The zero-order valence-electron chi connectivity index (χ0n) is 17.6. The number of piperidine rings is 1. The van der Waals surface area contributed by atoms with E-state index in [-0.39, 0.29) is 11.8 Å². The van der Waals surface area contributed by atoms with E-state index in [9.17, 15) is 4.79 Å². The molecule has 0 saturated carbocycles. The van der Waals surface area contributed by atoms with Gasteiger partial charge >= 0.3 is 0 Å². The van der Waals surface area contributed by atoms with Crippen LogP contribution in [0.5, 0.6) is 5.75 Å². The minimum Gasteiger partial charge on any atom is -0.497 e. The number of aromatic nitrogens is 3. The number of aryl methyl sites for hydroxylation is 2. The summed E-state index contributed by atoms with van der Waals surface area (Å²) in [6.07, 6.45) is 2.71. The molecule has 1 amide bonds. The highest BCUT2D eigenvalue weighted by Gasteiger charge is 2.29. The van der Waals surface area contributed by atoms with E-state index in [0.29, 0.717) is 11.4 Å². The first-order valence-corrected chi connectivity index (χ1v) is 11.1. The van der Waals surface area contributed by atoms with Crippen molar-refractivity contribution in [3.8, 4) is 16.9 Å². The Morgan fingerprint density at radius 1 is 1.27 bits per heavy atom. The number of carbonyl (C=O) groups excluding carboxylic acids is 1. The Balaban J connectivity index is 1.59. The van der Waals surface area contributed by atoms with Crippen LogP contribution in [0.15, 0.2) is 36.4 Å². The number of amides is 1. The number of methoxy groups -OCH3 is 1. The maximum absolute atomic E-state index is 13.1. The van der Waals surface area contributed by atoms with Gasteiger partial charge in [-0.3, -0.25) is 9.78 Å². The van der Waals surface area contributed by atoms with Crippen molar-refractivity contribution in [2.45, 2.75) is 39.0 Å². The van der Waals surface area contributed by atoms with Gasteiger partial charge in [0.2, 0.25) is 0 Å². The summed E-state index contributed by atoms with van der Waals surface area (Å²) in [5.41, 5.74) is 5.05. The number of hydrogen-bond acceptors (Lipinski definition) is 6. The van der Waals surface area contributed by atoms with Crippen LogP contribution in [0.25, 0.3) is 11.1 Å². The normalized spacial score (nSPS) is 16.5. The van der Waals surface area contributed by atoms with Crippen molar-refractivity contribution in [1.82, 2.24) is 19.5 Å². The fraction of sp³-hybridized carbons (Fsp3) is 0.391. The molecule has 1 saturated heterocycles. The van der Waals surface area contributed by atoms with Gasteiger partial charge in [0.15, 0.2) is 0 Å². The summed E-state index contributed by atoms with van der Waals surface area (Å²) >= 11 is 1.20. The van der Waals surface area contributed by atoms with Crippen LogP contribution in [0, 0.1) is 6.92 Å². The second kappa shape index (κ2) is 8.92. The number of nitrogens with zero attached hydrogens (tertiary/aromatic N) is 4. The predicted molar refractivity (Wildman–Crippen MR) is 118 cm³/mol. The topological polar surface area (TPSA) is 68.2 Å². The smallest absolute Gasteiger partial charge is 0.267 e. The lowest BCUT2D eigenvalue weighted by atomic mass is 9.92. The molecule has 0 aliphatic carbocycles. The first-order valence-electron chi connectivity index (χ1n) is 10.3. The Bertz CT molecular complexity index is 1050. The molecule has 7 heteroatoms. The SMILES string of the molecule is CCc1nnsc1C(=O)N1CCC[C@H](c2cc(-c3cccc(OC)c3)cc(C)n2)C1. The Labute approximate surface area is 181 Å². The van der Waals surface area contributed by atoms with Gasteiger partial charge in [-0.25, -0.2) is 0 Å². The van der Waals surface area contributed by atoms with E-state index in [1.54, 1.807) is 7.11 Å². The van der Waals surface area contributed by atoms with E-state index >= 15 is 0 Å². The minimum absolute atomic E-state index is 0.0484. The third-order valence-electron chi connectivity index (χ3n) is 5.59. The van der Waals surface area contributed by atoms with E-state index < -0.39 is 0 Å². The van der Waals surface area contributed by atoms with Crippen LogP contribution in [0.2, 0.25) is 0 Å². The van der Waals surface area contributed by atoms with Crippen LogP contribution < -0.4 is 4.74 Å². The molecule has 30 heavy (non-hydrogen) atoms. The molecule has 1 aromatic carbocycles. The van der Waals surface area contributed by atoms with Gasteiger partial charge in [0.1, 0.15) is 10.6 Å². The fourth-order valence-corrected chi connectivity index (χ4v) is 4.74. The molecule has 1 aliphatic rings. The van der Waals surface area contributed by atoms with Crippen molar-refractivity contribution in [3.05, 3.63) is 58.4 Å². The maximum Gasteiger partial charge on any atom is 0.267 e. The summed E-state index contributed by atoms with van der Waals surface area (Å²) in [5.74, 6) is 1.10. The number of carbonyl (C=O) groups is 1. The quantitative estimate of drug-likeness (QED) is 0.606. The molecule has 1 atom stereocenters. The lowest BCUT2D eigenvalue weighted by Crippen LogP contribution is -2.39. The monoisotopic (exact) mass is 422 g/mol. The molecule has 4 rings (SSSR count). The van der Waals surface area contributed by atoms with Crippen LogP contribution in [-0.4, -0.2) is 45.6 Å². The van der Waals surface area contributed by atoms with Crippen molar-refractivity contribution in [2.75, 3.05) is 20.2 Å². The molecule has 2 aromatic heterocycles. The van der Waals surface area contributed by atoms with Crippen molar-refractivity contribution < 1.29 is 9.53 Å². The number of hydrogen-bond donors (Lipinski definition) is 0. The Hall–Kier alpha value is -2.80. The van der Waals surface area contributed by atoms with Crippen molar-refractivity contribution in [2.24, 2.45) is 0 Å². The molecule has 156 valence electrons. The molecule has 0 N–H and O–H groups in total. The number of likely N-dealkylation sites (tertiary alicyclic amines) is 1. The first kappa shape index (κ1) is 20.5. The van der Waals surface area contributed by atoms with Crippen molar-refractivity contribution in [1.29, 1.82) is 0 Å². The molecular weight excluding hydrogens is 396 g/mol. The molecular formula is C23H26N4O2S. The average Bonchev–Trinajstić information content (AvgIpc) is 3.27. The van der Waals surface area contributed by atoms with E-state index in [0.717, 1.165) is 59.8 Å². The minimum atomic E-state index is 0.0484. The van der Waals surface area contributed by atoms with Gasteiger partial charge in [0.25, 0.3) is 5.91 Å². The Morgan fingerprint density at radius 3 is 2.93 bits per heavy atom. The van der Waals surface area contributed by atoms with E-state index in [2.05, 4.69) is 27.8 Å². The summed E-state index contributed by atoms with van der Waals surface area (Å²) in [4.78, 5) is 20.5. The molecule has 3 heterocycles. The molecule has 0 radical (unpaired) electrons. The van der Waals surface area contributed by atoms with Crippen molar-refractivity contribution >= 4 is 17.4 Å². The maximum atomic E-state index is 13.1. The third-order valence-corrected chi connectivity index (χ3v) is 6.34. The molecule has 3 aromatic rings. The summed E-state index contributed by atoms with van der Waals surface area (Å²) in [6, 6.07) is 12.3. The van der Waals surface area contributed by atoms with Crippen LogP contribution in [-0.2, 0) is 6.42 Å². The van der Waals surface area contributed by atoms with Gasteiger partial charge in [-0.1, -0.05) is 23.5 Å². The molecule has 1 aliphatic heterocycles. The number of pyridine rings is 1. The molecule has 1 fully saturated rings. The summed E-state index contributed by atoms with van der Waals surface area (Å²) in [6.45, 7) is 5.47. The highest BCUT2D eigenvalue weighted by molar-refractivity contribution is 7.08. The van der Waals surface area contributed by atoms with Gasteiger partial charge in [-0.2, -0.15) is 0 Å². The van der Waals surface area contributed by atoms with E-state index in [1.165, 1.54) is 11.5 Å². The van der Waals surface area contributed by atoms with Gasteiger partial charge in [-0.15, -0.1) is 5.10 Å². The zero-order valence-corrected chi connectivity index (χ0v) is 18.4. The highest BCUT2D eigenvalue weighted by Crippen LogP contribution is 2.31. The second-order valence-electron chi connectivity index (χ2n) is 7.65. The number of ether oxygens (including phenoxy) is 1. The van der Waals surface area contributed by atoms with Crippen molar-refractivity contribution in [3.63, 3.8) is 0 Å². The van der Waals surface area contributed by atoms with Gasteiger partial charge in [0, 0.05) is 30.4 Å². The summed E-state index contributed by atoms with van der Waals surface area (Å²) in [7, 11) is 1.68. The molecule has 0 bridgehead atoms. The van der Waals surface area contributed by atoms with Gasteiger partial charge in [0.05, 0.1) is 12.8 Å². The molecule has 0 spiro atoms. The number of benzene rings is 1. The first-order chi connectivity index (χ1) is 14.6. The summed E-state index contributed by atoms with van der Waals surface area (Å²) < 4.78 is 9.36. The standard InChI is InChI=1S/C23H26N4O2S/c1-4-20-22(30-26-25-20)23(28)27-10-6-8-17(14-27)21-13-18(11-15(2)24-21)16-7-5-9-19(12-16)29-3/h5,7,9,11-13,17H,4,6,8,10,14H2,1-3H3/t17-/m0/s1. The lowest BCUT2D eigenvalue weighted by molar-refractivity contribution is 0.0709. The average molecular weight is 423 g/mol. The van der Waals surface area contributed by atoms with Crippen LogP contribution in [0.4, 0.5) is 0 Å². The highest BCUT2D eigenvalue weighted by atomic mass is 32.1. The summed E-state index contributed by atoms with van der Waals surface area (Å²) in [5, 5.41) is 4.10. The molecule has 6 nitrogen and oxygen atoms in total. The number of rotatable bonds is 5. The van der Waals surface area contributed by atoms with Gasteiger partial charge < -0.3 is 9.64 Å². The Morgan fingerprint density at radius 2 is 2.13 bits per heavy atom. The fourth-order valence-electron chi connectivity index (χ4n) is 4.02.